The minimum Gasteiger partial charge on any atom is -0.340 e. The van der Waals surface area contributed by atoms with Gasteiger partial charge in [-0.25, -0.2) is 4.79 Å². The lowest BCUT2D eigenvalue weighted by Gasteiger charge is -2.58. The third-order valence-electron chi connectivity index (χ3n) is 6.59. The van der Waals surface area contributed by atoms with Crippen LogP contribution in [0.15, 0.2) is 24.3 Å². The van der Waals surface area contributed by atoms with Crippen LogP contribution in [0.25, 0.3) is 0 Å². The first kappa shape index (κ1) is 18.6. The molecule has 1 aliphatic heterocycles. The van der Waals surface area contributed by atoms with E-state index in [9.17, 15) is 9.59 Å². The Kier molecular flexibility index (Phi) is 5.06. The van der Waals surface area contributed by atoms with Crippen molar-refractivity contribution < 1.29 is 9.59 Å². The molecule has 3 fully saturated rings. The van der Waals surface area contributed by atoms with Crippen LogP contribution < -0.4 is 10.6 Å². The SMILES string of the molecule is CC1CCC(=O)N1CC1CC2(C1)CC(NC(=O)NCc1ccc(Cl)cc1)C2. The third kappa shape index (κ3) is 4.08. The highest BCUT2D eigenvalue weighted by atomic mass is 35.5. The molecule has 3 amide bonds. The first-order valence-corrected chi connectivity index (χ1v) is 10.4. The van der Waals surface area contributed by atoms with Crippen molar-refractivity contribution in [3.63, 3.8) is 0 Å². The van der Waals surface area contributed by atoms with Gasteiger partial charge in [0.2, 0.25) is 5.91 Å². The second-order valence-electron chi connectivity index (χ2n) is 8.77. The van der Waals surface area contributed by atoms with Gasteiger partial charge in [-0.3, -0.25) is 4.79 Å². The minimum absolute atomic E-state index is 0.0999. The van der Waals surface area contributed by atoms with Crippen LogP contribution in [0.1, 0.15) is 51.0 Å². The first-order valence-electron chi connectivity index (χ1n) is 10.0. The van der Waals surface area contributed by atoms with Crippen molar-refractivity contribution in [2.45, 2.75) is 64.1 Å². The molecule has 27 heavy (non-hydrogen) atoms. The molecular formula is C21H28ClN3O2. The Bertz CT molecular complexity index is 707. The van der Waals surface area contributed by atoms with Crippen molar-refractivity contribution in [2.24, 2.45) is 11.3 Å². The Morgan fingerprint density at radius 3 is 2.56 bits per heavy atom. The summed E-state index contributed by atoms with van der Waals surface area (Å²) < 4.78 is 0. The maximum Gasteiger partial charge on any atom is 0.315 e. The highest BCUT2D eigenvalue weighted by Crippen LogP contribution is 2.59. The molecule has 2 saturated carbocycles. The molecule has 0 radical (unpaired) electrons. The van der Waals surface area contributed by atoms with Crippen molar-refractivity contribution in [1.82, 2.24) is 15.5 Å². The summed E-state index contributed by atoms with van der Waals surface area (Å²) in [4.78, 5) is 26.1. The topological polar surface area (TPSA) is 61.4 Å². The number of hydrogen-bond donors (Lipinski definition) is 2. The maximum absolute atomic E-state index is 12.1. The van der Waals surface area contributed by atoms with Crippen LogP contribution in [0.4, 0.5) is 4.79 Å². The number of nitrogens with one attached hydrogen (secondary N) is 2. The second kappa shape index (κ2) is 7.34. The van der Waals surface area contributed by atoms with Gasteiger partial charge >= 0.3 is 6.03 Å². The Morgan fingerprint density at radius 1 is 1.22 bits per heavy atom. The Hall–Kier alpha value is -1.75. The van der Waals surface area contributed by atoms with Gasteiger partial charge in [-0.05, 0) is 68.1 Å². The number of hydrogen-bond acceptors (Lipinski definition) is 2. The van der Waals surface area contributed by atoms with Crippen LogP contribution in [0.5, 0.6) is 0 Å². The molecule has 1 saturated heterocycles. The van der Waals surface area contributed by atoms with Gasteiger partial charge in [-0.2, -0.15) is 0 Å². The van der Waals surface area contributed by atoms with E-state index in [1.807, 2.05) is 24.3 Å². The molecule has 1 aromatic carbocycles. The number of amides is 3. The average Bonchev–Trinajstić information content (AvgIpc) is 2.89. The smallest absolute Gasteiger partial charge is 0.315 e. The molecule has 0 aromatic heterocycles. The summed E-state index contributed by atoms with van der Waals surface area (Å²) in [5.74, 6) is 0.975. The molecule has 1 heterocycles. The number of urea groups is 1. The molecule has 3 aliphatic rings. The summed E-state index contributed by atoms with van der Waals surface area (Å²) in [6.45, 7) is 3.59. The zero-order valence-electron chi connectivity index (χ0n) is 15.8. The molecule has 5 nitrogen and oxygen atoms in total. The summed E-state index contributed by atoms with van der Waals surface area (Å²) in [6.07, 6.45) is 6.27. The average molecular weight is 390 g/mol. The van der Waals surface area contributed by atoms with E-state index < -0.39 is 0 Å². The van der Waals surface area contributed by atoms with Crippen LogP contribution >= 0.6 is 11.6 Å². The lowest BCUT2D eigenvalue weighted by molar-refractivity contribution is -0.132. The Balaban J connectivity index is 1.14. The van der Waals surface area contributed by atoms with E-state index in [1.165, 1.54) is 12.8 Å². The van der Waals surface area contributed by atoms with E-state index in [1.54, 1.807) is 0 Å². The number of carbonyl (C=O) groups is 2. The van der Waals surface area contributed by atoms with Gasteiger partial charge in [-0.1, -0.05) is 23.7 Å². The molecule has 0 bridgehead atoms. The van der Waals surface area contributed by atoms with Crippen LogP contribution in [-0.4, -0.2) is 35.5 Å². The molecule has 6 heteroatoms. The van der Waals surface area contributed by atoms with E-state index in [4.69, 9.17) is 11.6 Å². The predicted molar refractivity (Wildman–Crippen MR) is 105 cm³/mol. The molecule has 146 valence electrons. The van der Waals surface area contributed by atoms with Gasteiger partial charge in [0.25, 0.3) is 0 Å². The van der Waals surface area contributed by atoms with Crippen molar-refractivity contribution in [3.8, 4) is 0 Å². The zero-order valence-corrected chi connectivity index (χ0v) is 16.6. The largest absolute Gasteiger partial charge is 0.340 e. The number of likely N-dealkylation sites (tertiary alicyclic amines) is 1. The molecular weight excluding hydrogens is 362 g/mol. The highest BCUT2D eigenvalue weighted by Gasteiger charge is 2.53. The third-order valence-corrected chi connectivity index (χ3v) is 6.84. The molecule has 4 rings (SSSR count). The summed E-state index contributed by atoms with van der Waals surface area (Å²) in [6, 6.07) is 8.09. The van der Waals surface area contributed by atoms with Crippen LogP contribution in [-0.2, 0) is 11.3 Å². The van der Waals surface area contributed by atoms with E-state index in [2.05, 4.69) is 22.5 Å². The van der Waals surface area contributed by atoms with Gasteiger partial charge in [-0.15, -0.1) is 0 Å². The van der Waals surface area contributed by atoms with Gasteiger partial charge in [0.1, 0.15) is 0 Å². The number of carbonyl (C=O) groups excluding carboxylic acids is 2. The quantitative estimate of drug-likeness (QED) is 0.806. The van der Waals surface area contributed by atoms with Crippen LogP contribution in [0, 0.1) is 11.3 Å². The van der Waals surface area contributed by atoms with E-state index in [0.717, 1.165) is 37.8 Å². The van der Waals surface area contributed by atoms with Crippen LogP contribution in [0.3, 0.4) is 0 Å². The predicted octanol–water partition coefficient (Wildman–Crippen LogP) is 3.71. The zero-order chi connectivity index (χ0) is 19.0. The van der Waals surface area contributed by atoms with Crippen molar-refractivity contribution in [3.05, 3.63) is 34.9 Å². The Morgan fingerprint density at radius 2 is 1.93 bits per heavy atom. The van der Waals surface area contributed by atoms with Gasteiger partial charge in [0.05, 0.1) is 0 Å². The molecule has 2 N–H and O–H groups in total. The second-order valence-corrected chi connectivity index (χ2v) is 9.20. The molecule has 1 spiro atoms. The van der Waals surface area contributed by atoms with E-state index in [0.29, 0.717) is 34.8 Å². The standard InChI is InChI=1S/C21H28ClN3O2/c1-14-2-7-19(26)25(14)13-16-8-21(9-16)10-18(11-21)24-20(27)23-12-15-3-5-17(22)6-4-15/h3-6,14,16,18H,2,7-13H2,1H3,(H2,23,24,27). The number of nitrogens with zero attached hydrogens (tertiary/aromatic N) is 1. The van der Waals surface area contributed by atoms with Gasteiger partial charge < -0.3 is 15.5 Å². The summed E-state index contributed by atoms with van der Waals surface area (Å²) in [7, 11) is 0. The summed E-state index contributed by atoms with van der Waals surface area (Å²) in [5.41, 5.74) is 1.46. The highest BCUT2D eigenvalue weighted by molar-refractivity contribution is 6.30. The number of halogens is 1. The fraction of sp³-hybridized carbons (Fsp3) is 0.619. The molecule has 1 unspecified atom stereocenters. The van der Waals surface area contributed by atoms with Crippen molar-refractivity contribution >= 4 is 23.5 Å². The van der Waals surface area contributed by atoms with Gasteiger partial charge in [0, 0.05) is 36.6 Å². The van der Waals surface area contributed by atoms with Crippen molar-refractivity contribution in [1.29, 1.82) is 0 Å². The summed E-state index contributed by atoms with van der Waals surface area (Å²) >= 11 is 5.87. The monoisotopic (exact) mass is 389 g/mol. The lowest BCUT2D eigenvalue weighted by Crippen LogP contribution is -2.58. The first-order chi connectivity index (χ1) is 12.9. The van der Waals surface area contributed by atoms with E-state index >= 15 is 0 Å². The fourth-order valence-corrected chi connectivity index (χ4v) is 5.30. The van der Waals surface area contributed by atoms with Gasteiger partial charge in [0.15, 0.2) is 0 Å². The lowest BCUT2D eigenvalue weighted by atomic mass is 9.50. The molecule has 2 aliphatic carbocycles. The maximum atomic E-state index is 12.1. The van der Waals surface area contributed by atoms with E-state index in [-0.39, 0.29) is 12.1 Å². The molecule has 1 atom stereocenters. The normalized spacial score (nSPS) is 32.1. The Labute approximate surface area is 165 Å². The number of rotatable bonds is 5. The van der Waals surface area contributed by atoms with Crippen molar-refractivity contribution in [2.75, 3.05) is 6.54 Å². The van der Waals surface area contributed by atoms with Crippen LogP contribution in [0.2, 0.25) is 5.02 Å². The minimum atomic E-state index is -0.0999. The number of benzene rings is 1. The summed E-state index contributed by atoms with van der Waals surface area (Å²) in [5, 5.41) is 6.69. The fourth-order valence-electron chi connectivity index (χ4n) is 5.17. The molecule has 1 aromatic rings.